The number of hydrogen-bond acceptors (Lipinski definition) is 6. The predicted molar refractivity (Wildman–Crippen MR) is 135 cm³/mol. The van der Waals surface area contributed by atoms with Crippen molar-refractivity contribution in [3.63, 3.8) is 0 Å². The van der Waals surface area contributed by atoms with Gasteiger partial charge in [-0.25, -0.2) is 8.42 Å². The second-order valence-electron chi connectivity index (χ2n) is 7.76. The Hall–Kier alpha value is -3.98. The van der Waals surface area contributed by atoms with E-state index in [1.165, 1.54) is 36.7 Å². The fourth-order valence-corrected chi connectivity index (χ4v) is 5.65. The van der Waals surface area contributed by atoms with Crippen molar-refractivity contribution in [2.45, 2.75) is 11.3 Å². The lowest BCUT2D eigenvalue weighted by atomic mass is 10.2. The second kappa shape index (κ2) is 10.1. The number of anilines is 2. The van der Waals surface area contributed by atoms with Gasteiger partial charge in [-0.2, -0.15) is 0 Å². The van der Waals surface area contributed by atoms with Gasteiger partial charge in [-0.3, -0.25) is 9.10 Å². The van der Waals surface area contributed by atoms with Gasteiger partial charge in [0.2, 0.25) is 5.91 Å². The van der Waals surface area contributed by atoms with E-state index in [4.69, 9.17) is 14.2 Å². The third-order valence-corrected chi connectivity index (χ3v) is 7.48. The fourth-order valence-electron chi connectivity index (χ4n) is 3.94. The van der Waals surface area contributed by atoms with Crippen LogP contribution in [0.3, 0.4) is 0 Å². The molecule has 9 heteroatoms. The van der Waals surface area contributed by atoms with Gasteiger partial charge in [0.15, 0.2) is 11.5 Å². The first-order valence-corrected chi connectivity index (χ1v) is 12.3. The maximum Gasteiger partial charge on any atom is 0.268 e. The molecule has 0 saturated carbocycles. The quantitative estimate of drug-likeness (QED) is 0.474. The van der Waals surface area contributed by atoms with Gasteiger partial charge in [-0.1, -0.05) is 18.2 Å². The van der Waals surface area contributed by atoms with Crippen LogP contribution in [0.1, 0.15) is 11.1 Å². The zero-order valence-electron chi connectivity index (χ0n) is 19.6. The van der Waals surface area contributed by atoms with Gasteiger partial charge in [0, 0.05) is 18.3 Å². The molecule has 1 N–H and O–H groups in total. The zero-order chi connectivity index (χ0) is 25.0. The number of rotatable bonds is 8. The summed E-state index contributed by atoms with van der Waals surface area (Å²) in [6.07, 6.45) is 3.48. The normalized spacial score (nSPS) is 12.9. The number of carbonyl (C=O) groups is 1. The smallest absolute Gasteiger partial charge is 0.268 e. The first-order chi connectivity index (χ1) is 16.9. The molecule has 0 aliphatic carbocycles. The molecule has 0 fully saturated rings. The monoisotopic (exact) mass is 494 g/mol. The number of carbonyl (C=O) groups excluding carboxylic acids is 1. The largest absolute Gasteiger partial charge is 0.497 e. The number of fused-ring (bicyclic) bond motifs is 1. The standard InChI is InChI=1S/C26H26N2O6S/c1-32-21-11-9-20(10-12-21)27-25(29)13-8-18-16-23(33-2)26(34-3)24(17-18)35(30,31)28-15-14-19-6-4-5-7-22(19)28/h4-13,16-17H,14-15H2,1-3H3,(H,27,29). The third kappa shape index (κ3) is 4.95. The topological polar surface area (TPSA) is 94.2 Å². The minimum absolute atomic E-state index is 0.0359. The molecule has 3 aromatic rings. The zero-order valence-corrected chi connectivity index (χ0v) is 20.5. The Morgan fingerprint density at radius 2 is 1.71 bits per heavy atom. The van der Waals surface area contributed by atoms with Crippen molar-refractivity contribution in [1.29, 1.82) is 0 Å². The van der Waals surface area contributed by atoms with Crippen LogP contribution < -0.4 is 23.8 Å². The number of methoxy groups -OCH3 is 3. The number of hydrogen-bond donors (Lipinski definition) is 1. The van der Waals surface area contributed by atoms with E-state index >= 15 is 0 Å². The Bertz CT molecular complexity index is 1370. The molecule has 0 bridgehead atoms. The first-order valence-electron chi connectivity index (χ1n) is 10.9. The van der Waals surface area contributed by atoms with Crippen molar-refractivity contribution in [3.8, 4) is 17.2 Å². The molecular weight excluding hydrogens is 468 g/mol. The molecule has 35 heavy (non-hydrogen) atoms. The summed E-state index contributed by atoms with van der Waals surface area (Å²) in [5.41, 5.74) is 2.68. The fraction of sp³-hybridized carbons (Fsp3) is 0.192. The van der Waals surface area contributed by atoms with Gasteiger partial charge >= 0.3 is 0 Å². The average Bonchev–Trinajstić information content (AvgIpc) is 3.32. The maximum absolute atomic E-state index is 13.7. The van der Waals surface area contributed by atoms with E-state index in [-0.39, 0.29) is 22.3 Å². The van der Waals surface area contributed by atoms with Crippen molar-refractivity contribution < 1.29 is 27.4 Å². The molecule has 0 radical (unpaired) electrons. The molecule has 1 aliphatic heterocycles. The Kier molecular flexibility index (Phi) is 6.97. The highest BCUT2D eigenvalue weighted by Crippen LogP contribution is 2.40. The number of nitrogens with zero attached hydrogens (tertiary/aromatic N) is 1. The molecule has 0 aromatic heterocycles. The maximum atomic E-state index is 13.7. The lowest BCUT2D eigenvalue weighted by molar-refractivity contribution is -0.111. The summed E-state index contributed by atoms with van der Waals surface area (Å²) >= 11 is 0. The molecule has 8 nitrogen and oxygen atoms in total. The second-order valence-corrected chi connectivity index (χ2v) is 9.59. The number of para-hydroxylation sites is 1. The molecule has 182 valence electrons. The number of sulfonamides is 1. The van der Waals surface area contributed by atoms with Crippen molar-refractivity contribution in [2.24, 2.45) is 0 Å². The SMILES string of the molecule is COc1ccc(NC(=O)C=Cc2cc(OC)c(OC)c(S(=O)(=O)N3CCc4ccccc43)c2)cc1. The number of benzene rings is 3. The van der Waals surface area contributed by atoms with Crippen LogP contribution >= 0.6 is 0 Å². The first kappa shape index (κ1) is 24.2. The highest BCUT2D eigenvalue weighted by molar-refractivity contribution is 7.93. The van der Waals surface area contributed by atoms with Crippen molar-refractivity contribution in [3.05, 3.63) is 77.9 Å². The Morgan fingerprint density at radius 3 is 2.40 bits per heavy atom. The van der Waals surface area contributed by atoms with Crippen LogP contribution in [0, 0.1) is 0 Å². The van der Waals surface area contributed by atoms with Crippen molar-refractivity contribution in [1.82, 2.24) is 0 Å². The van der Waals surface area contributed by atoms with Gasteiger partial charge in [-0.05, 0) is 66.1 Å². The minimum Gasteiger partial charge on any atom is -0.497 e. The summed E-state index contributed by atoms with van der Waals surface area (Å²) in [4.78, 5) is 12.4. The summed E-state index contributed by atoms with van der Waals surface area (Å²) < 4.78 is 44.8. The molecule has 1 heterocycles. The highest BCUT2D eigenvalue weighted by Gasteiger charge is 2.34. The lowest BCUT2D eigenvalue weighted by Crippen LogP contribution is -2.29. The molecule has 0 unspecified atom stereocenters. The van der Waals surface area contributed by atoms with E-state index < -0.39 is 10.0 Å². The van der Waals surface area contributed by atoms with E-state index in [1.54, 1.807) is 43.5 Å². The van der Waals surface area contributed by atoms with Gasteiger partial charge < -0.3 is 19.5 Å². The van der Waals surface area contributed by atoms with Gasteiger partial charge in [0.05, 0.1) is 27.0 Å². The van der Waals surface area contributed by atoms with E-state index in [0.29, 0.717) is 35.7 Å². The van der Waals surface area contributed by atoms with Crippen LogP contribution in [0.4, 0.5) is 11.4 Å². The van der Waals surface area contributed by atoms with Crippen LogP contribution in [0.15, 0.2) is 71.6 Å². The Morgan fingerprint density at radius 1 is 0.971 bits per heavy atom. The number of amides is 1. The van der Waals surface area contributed by atoms with E-state index in [0.717, 1.165) is 5.56 Å². The van der Waals surface area contributed by atoms with Crippen molar-refractivity contribution >= 4 is 33.4 Å². The molecule has 1 amide bonds. The van der Waals surface area contributed by atoms with Gasteiger partial charge in [0.25, 0.3) is 10.0 Å². The molecule has 1 aliphatic rings. The van der Waals surface area contributed by atoms with Crippen molar-refractivity contribution in [2.75, 3.05) is 37.5 Å². The molecule has 3 aromatic carbocycles. The van der Waals surface area contributed by atoms with Crippen LogP contribution in [-0.2, 0) is 21.2 Å². The van der Waals surface area contributed by atoms with Gasteiger partial charge in [-0.15, -0.1) is 0 Å². The lowest BCUT2D eigenvalue weighted by Gasteiger charge is -2.22. The summed E-state index contributed by atoms with van der Waals surface area (Å²) in [5, 5.41) is 2.75. The van der Waals surface area contributed by atoms with E-state index in [2.05, 4.69) is 5.32 Å². The predicted octanol–water partition coefficient (Wildman–Crippen LogP) is 4.12. The Labute approximate surface area is 204 Å². The minimum atomic E-state index is -3.96. The van der Waals surface area contributed by atoms with Crippen LogP contribution in [0.5, 0.6) is 17.2 Å². The summed E-state index contributed by atoms with van der Waals surface area (Å²) in [5.74, 6) is 0.661. The molecule has 0 spiro atoms. The highest BCUT2D eigenvalue weighted by atomic mass is 32.2. The van der Waals surface area contributed by atoms with E-state index in [1.807, 2.05) is 18.2 Å². The molecular formula is C26H26N2O6S. The summed E-state index contributed by atoms with van der Waals surface area (Å²) in [6.45, 7) is 0.331. The number of nitrogens with one attached hydrogen (secondary N) is 1. The summed E-state index contributed by atoms with van der Waals surface area (Å²) in [6, 6.07) is 17.4. The van der Waals surface area contributed by atoms with E-state index in [9.17, 15) is 13.2 Å². The molecule has 0 saturated heterocycles. The number of ether oxygens (including phenoxy) is 3. The van der Waals surface area contributed by atoms with Crippen LogP contribution in [0.2, 0.25) is 0 Å². The van der Waals surface area contributed by atoms with Crippen LogP contribution in [0.25, 0.3) is 6.08 Å². The molecule has 0 atom stereocenters. The Balaban J connectivity index is 1.65. The van der Waals surface area contributed by atoms with Crippen LogP contribution in [-0.4, -0.2) is 42.2 Å². The third-order valence-electron chi connectivity index (χ3n) is 5.66. The average molecular weight is 495 g/mol. The van der Waals surface area contributed by atoms with Gasteiger partial charge in [0.1, 0.15) is 10.6 Å². The summed E-state index contributed by atoms with van der Waals surface area (Å²) in [7, 11) is 0.433. The molecule has 4 rings (SSSR count).